The maximum absolute atomic E-state index is 11.8. The number of hydrogen-bond acceptors (Lipinski definition) is 3. The highest BCUT2D eigenvalue weighted by molar-refractivity contribution is 5.96. The second-order valence-electron chi connectivity index (χ2n) is 5.17. The van der Waals surface area contributed by atoms with Gasteiger partial charge in [-0.2, -0.15) is 0 Å². The van der Waals surface area contributed by atoms with Gasteiger partial charge in [0.2, 0.25) is 0 Å². The van der Waals surface area contributed by atoms with E-state index in [1.807, 2.05) is 24.3 Å². The van der Waals surface area contributed by atoms with E-state index in [1.165, 1.54) is 0 Å². The van der Waals surface area contributed by atoms with Gasteiger partial charge in [0, 0.05) is 11.5 Å². The predicted molar refractivity (Wildman–Crippen MR) is 63.4 cm³/mol. The Balaban J connectivity index is 2.17. The highest BCUT2D eigenvalue weighted by Crippen LogP contribution is 2.46. The van der Waals surface area contributed by atoms with E-state index in [4.69, 9.17) is 4.74 Å². The molecule has 1 aliphatic carbocycles. The van der Waals surface area contributed by atoms with Crippen LogP contribution in [0.25, 0.3) is 6.08 Å². The van der Waals surface area contributed by atoms with E-state index < -0.39 is 5.60 Å². The molecule has 3 rings (SSSR count). The lowest BCUT2D eigenvalue weighted by atomic mass is 9.78. The number of carbonyl (C=O) groups excluding carboxylic acids is 1. The summed E-state index contributed by atoms with van der Waals surface area (Å²) in [5.74, 6) is -0.479. The summed E-state index contributed by atoms with van der Waals surface area (Å²) in [6.45, 7) is 3.48. The summed E-state index contributed by atoms with van der Waals surface area (Å²) in [5.41, 5.74) is 1.66. The molecule has 0 saturated carbocycles. The van der Waals surface area contributed by atoms with E-state index in [0.29, 0.717) is 5.56 Å². The van der Waals surface area contributed by atoms with E-state index in [9.17, 15) is 9.90 Å². The first-order valence-electron chi connectivity index (χ1n) is 5.73. The first-order valence-corrected chi connectivity index (χ1v) is 5.73. The fourth-order valence-electron chi connectivity index (χ4n) is 2.63. The van der Waals surface area contributed by atoms with Gasteiger partial charge < -0.3 is 9.84 Å². The molecule has 1 heterocycles. The lowest BCUT2D eigenvalue weighted by Gasteiger charge is -2.33. The van der Waals surface area contributed by atoms with Crippen LogP contribution in [0.1, 0.15) is 41.4 Å². The molecule has 2 aliphatic rings. The maximum atomic E-state index is 11.8. The number of benzene rings is 1. The van der Waals surface area contributed by atoms with Crippen molar-refractivity contribution in [2.24, 2.45) is 5.92 Å². The van der Waals surface area contributed by atoms with Gasteiger partial charge in [0.15, 0.2) is 0 Å². The van der Waals surface area contributed by atoms with Crippen LogP contribution >= 0.6 is 0 Å². The Morgan fingerprint density at radius 3 is 2.82 bits per heavy atom. The van der Waals surface area contributed by atoms with E-state index in [1.54, 1.807) is 19.9 Å². The molecule has 3 heteroatoms. The monoisotopic (exact) mass is 230 g/mol. The van der Waals surface area contributed by atoms with Crippen LogP contribution in [0.5, 0.6) is 0 Å². The van der Waals surface area contributed by atoms with Crippen LogP contribution in [0, 0.1) is 5.92 Å². The Bertz CT molecular complexity index is 523. The van der Waals surface area contributed by atoms with Gasteiger partial charge in [-0.3, -0.25) is 0 Å². The van der Waals surface area contributed by atoms with Crippen LogP contribution in [0.4, 0.5) is 0 Å². The van der Waals surface area contributed by atoms with E-state index >= 15 is 0 Å². The average molecular weight is 230 g/mol. The van der Waals surface area contributed by atoms with Gasteiger partial charge in [0.25, 0.3) is 0 Å². The summed E-state index contributed by atoms with van der Waals surface area (Å²) >= 11 is 0. The molecule has 3 nitrogen and oxygen atoms in total. The zero-order valence-electron chi connectivity index (χ0n) is 9.81. The molecular weight excluding hydrogens is 216 g/mol. The first-order chi connectivity index (χ1) is 7.98. The number of rotatable bonds is 1. The van der Waals surface area contributed by atoms with Crippen molar-refractivity contribution in [3.05, 3.63) is 41.0 Å². The van der Waals surface area contributed by atoms with Crippen LogP contribution in [0.15, 0.2) is 24.3 Å². The zero-order valence-corrected chi connectivity index (χ0v) is 9.81. The topological polar surface area (TPSA) is 46.5 Å². The van der Waals surface area contributed by atoms with Gasteiger partial charge in [0.1, 0.15) is 6.10 Å². The molecule has 1 N–H and O–H groups in total. The molecule has 1 aromatic rings. The van der Waals surface area contributed by atoms with Gasteiger partial charge in [-0.05, 0) is 25.5 Å². The van der Waals surface area contributed by atoms with Gasteiger partial charge in [-0.25, -0.2) is 4.79 Å². The average Bonchev–Trinajstić information content (AvgIpc) is 2.57. The molecule has 0 saturated heterocycles. The molecule has 1 aromatic carbocycles. The van der Waals surface area contributed by atoms with E-state index in [-0.39, 0.29) is 18.0 Å². The molecule has 17 heavy (non-hydrogen) atoms. The van der Waals surface area contributed by atoms with Crippen molar-refractivity contribution in [1.29, 1.82) is 0 Å². The fraction of sp³-hybridized carbons (Fsp3) is 0.357. The fourth-order valence-corrected chi connectivity index (χ4v) is 2.63. The minimum Gasteiger partial charge on any atom is -0.453 e. The Hall–Kier alpha value is -1.61. The lowest BCUT2D eigenvalue weighted by molar-refractivity contribution is -0.0343. The van der Waals surface area contributed by atoms with Crippen molar-refractivity contribution in [1.82, 2.24) is 0 Å². The summed E-state index contributed by atoms with van der Waals surface area (Å²) in [4.78, 5) is 11.8. The highest BCUT2D eigenvalue weighted by Gasteiger charge is 2.44. The molecule has 0 radical (unpaired) electrons. The highest BCUT2D eigenvalue weighted by atomic mass is 16.5. The molecule has 0 amide bonds. The Morgan fingerprint density at radius 1 is 1.35 bits per heavy atom. The minimum absolute atomic E-state index is 0.192. The summed E-state index contributed by atoms with van der Waals surface area (Å²) in [6, 6.07) is 5.60. The summed E-state index contributed by atoms with van der Waals surface area (Å²) < 4.78 is 5.40. The Labute approximate surface area is 99.7 Å². The standard InChI is InChI=1S/C14H14O3/c1-14(2,16)10-7-6-8-4-3-5-9-11(8)12(10)17-13(9)15/h3-7,10,12,16H,1-2H3/t10-,12+/m0/s1. The van der Waals surface area contributed by atoms with Crippen LogP contribution in [0.3, 0.4) is 0 Å². The van der Waals surface area contributed by atoms with Crippen LogP contribution in [-0.4, -0.2) is 16.7 Å². The van der Waals surface area contributed by atoms with Crippen LogP contribution in [-0.2, 0) is 4.74 Å². The molecular formula is C14H14O3. The molecule has 88 valence electrons. The van der Waals surface area contributed by atoms with Gasteiger partial charge in [-0.1, -0.05) is 24.3 Å². The summed E-state index contributed by atoms with van der Waals surface area (Å²) in [7, 11) is 0. The van der Waals surface area contributed by atoms with Gasteiger partial charge >= 0.3 is 5.97 Å². The van der Waals surface area contributed by atoms with E-state index in [0.717, 1.165) is 11.1 Å². The second kappa shape index (κ2) is 3.20. The molecule has 0 fully saturated rings. The quantitative estimate of drug-likeness (QED) is 0.753. The molecule has 0 aromatic heterocycles. The number of ether oxygens (including phenoxy) is 1. The summed E-state index contributed by atoms with van der Waals surface area (Å²) in [6.07, 6.45) is 3.54. The number of hydrogen-bond donors (Lipinski definition) is 1. The molecule has 0 unspecified atom stereocenters. The van der Waals surface area contributed by atoms with E-state index in [2.05, 4.69) is 0 Å². The predicted octanol–water partition coefficient (Wildman–Crippen LogP) is 2.31. The summed E-state index contributed by atoms with van der Waals surface area (Å²) in [5, 5.41) is 10.1. The van der Waals surface area contributed by atoms with Gasteiger partial charge in [-0.15, -0.1) is 0 Å². The maximum Gasteiger partial charge on any atom is 0.339 e. The number of aliphatic hydroxyl groups is 1. The Morgan fingerprint density at radius 2 is 2.12 bits per heavy atom. The number of esters is 1. The molecule has 1 aliphatic heterocycles. The SMILES string of the molecule is CC(C)(O)[C@H]1C=Cc2cccc3c2[C@@H]1OC3=O. The van der Waals surface area contributed by atoms with Gasteiger partial charge in [0.05, 0.1) is 11.2 Å². The third-order valence-corrected chi connectivity index (χ3v) is 3.50. The lowest BCUT2D eigenvalue weighted by Crippen LogP contribution is -2.35. The van der Waals surface area contributed by atoms with Crippen molar-refractivity contribution in [3.63, 3.8) is 0 Å². The zero-order chi connectivity index (χ0) is 12.2. The molecule has 2 atom stereocenters. The third kappa shape index (κ3) is 1.42. The largest absolute Gasteiger partial charge is 0.453 e. The Kier molecular flexibility index (Phi) is 1.98. The van der Waals surface area contributed by atoms with Crippen molar-refractivity contribution in [3.8, 4) is 0 Å². The van der Waals surface area contributed by atoms with Crippen LogP contribution in [0.2, 0.25) is 0 Å². The molecule has 0 bridgehead atoms. The first kappa shape index (κ1) is 10.5. The number of carbonyl (C=O) groups is 1. The van der Waals surface area contributed by atoms with Crippen LogP contribution < -0.4 is 0 Å². The third-order valence-electron chi connectivity index (χ3n) is 3.50. The van der Waals surface area contributed by atoms with Crippen molar-refractivity contribution in [2.45, 2.75) is 25.6 Å². The smallest absolute Gasteiger partial charge is 0.339 e. The van der Waals surface area contributed by atoms with Crippen molar-refractivity contribution in [2.75, 3.05) is 0 Å². The molecule has 0 spiro atoms. The minimum atomic E-state index is -0.906. The normalized spacial score (nSPS) is 25.7. The van der Waals surface area contributed by atoms with Crippen molar-refractivity contribution >= 4 is 12.0 Å². The second-order valence-corrected chi connectivity index (χ2v) is 5.17. The van der Waals surface area contributed by atoms with Crippen molar-refractivity contribution < 1.29 is 14.6 Å².